The van der Waals surface area contributed by atoms with Gasteiger partial charge in [-0.1, -0.05) is 23.2 Å². The third-order valence-corrected chi connectivity index (χ3v) is 4.39. The molecule has 1 aromatic carbocycles. The molecule has 0 radical (unpaired) electrons. The van der Waals surface area contributed by atoms with E-state index < -0.39 is 0 Å². The zero-order valence-corrected chi connectivity index (χ0v) is 15.3. The molecule has 3 rings (SSSR count). The third-order valence-electron chi connectivity index (χ3n) is 3.84. The van der Waals surface area contributed by atoms with Crippen LogP contribution in [0, 0.1) is 13.8 Å². The Labute approximate surface area is 155 Å². The summed E-state index contributed by atoms with van der Waals surface area (Å²) in [4.78, 5) is 12.5. The Balaban J connectivity index is 1.82. The van der Waals surface area contributed by atoms with Gasteiger partial charge in [-0.3, -0.25) is 9.48 Å². The summed E-state index contributed by atoms with van der Waals surface area (Å²) < 4.78 is 7.38. The Hall–Kier alpha value is -2.24. The van der Waals surface area contributed by atoms with Crippen molar-refractivity contribution in [1.29, 1.82) is 0 Å². The van der Waals surface area contributed by atoms with Crippen LogP contribution in [0.4, 0.5) is 0 Å². The summed E-state index contributed by atoms with van der Waals surface area (Å²) >= 11 is 12.0. The second-order valence-corrected chi connectivity index (χ2v) is 6.58. The van der Waals surface area contributed by atoms with E-state index in [1.807, 2.05) is 36.7 Å². The van der Waals surface area contributed by atoms with E-state index in [0.29, 0.717) is 27.9 Å². The number of carbonyl (C=O) groups is 1. The third kappa shape index (κ3) is 3.89. The highest BCUT2D eigenvalue weighted by Crippen LogP contribution is 2.23. The van der Waals surface area contributed by atoms with E-state index in [1.165, 1.54) is 0 Å². The van der Waals surface area contributed by atoms with Crippen LogP contribution in [-0.2, 0) is 0 Å². The summed E-state index contributed by atoms with van der Waals surface area (Å²) in [6.07, 6.45) is 1.60. The van der Waals surface area contributed by atoms with Crippen LogP contribution in [-0.4, -0.2) is 22.2 Å². The molecule has 1 N–H and O–H groups in total. The molecule has 0 aliphatic rings. The Morgan fingerprint density at radius 2 is 2.08 bits per heavy atom. The molecule has 2 heterocycles. The fourth-order valence-electron chi connectivity index (χ4n) is 2.71. The van der Waals surface area contributed by atoms with Gasteiger partial charge < -0.3 is 9.73 Å². The first kappa shape index (κ1) is 17.6. The summed E-state index contributed by atoms with van der Waals surface area (Å²) in [6, 6.07) is 10.2. The molecule has 130 valence electrons. The van der Waals surface area contributed by atoms with Gasteiger partial charge >= 0.3 is 0 Å². The Morgan fingerprint density at radius 3 is 2.68 bits per heavy atom. The minimum atomic E-state index is -0.278. The molecule has 25 heavy (non-hydrogen) atoms. The van der Waals surface area contributed by atoms with E-state index >= 15 is 0 Å². The van der Waals surface area contributed by atoms with Gasteiger partial charge in [0.15, 0.2) is 0 Å². The highest BCUT2D eigenvalue weighted by Gasteiger charge is 2.21. The number of nitrogens with zero attached hydrogens (tertiary/aromatic N) is 2. The van der Waals surface area contributed by atoms with Gasteiger partial charge in [0.2, 0.25) is 0 Å². The lowest BCUT2D eigenvalue weighted by Gasteiger charge is -2.18. The van der Waals surface area contributed by atoms with Crippen LogP contribution in [0.3, 0.4) is 0 Å². The van der Waals surface area contributed by atoms with Crippen molar-refractivity contribution in [3.8, 4) is 0 Å². The molecule has 5 nitrogen and oxygen atoms in total. The van der Waals surface area contributed by atoms with Gasteiger partial charge in [-0.25, -0.2) is 0 Å². The van der Waals surface area contributed by atoms with Crippen LogP contribution in [0.5, 0.6) is 0 Å². The van der Waals surface area contributed by atoms with Gasteiger partial charge in [0.1, 0.15) is 11.8 Å². The lowest BCUT2D eigenvalue weighted by atomic mass is 10.2. The van der Waals surface area contributed by atoms with Crippen LogP contribution >= 0.6 is 23.2 Å². The number of furan rings is 1. The smallest absolute Gasteiger partial charge is 0.252 e. The molecule has 1 amide bonds. The lowest BCUT2D eigenvalue weighted by Crippen LogP contribution is -2.32. The second-order valence-electron chi connectivity index (χ2n) is 5.74. The van der Waals surface area contributed by atoms with Crippen LogP contribution in [0.2, 0.25) is 10.0 Å². The summed E-state index contributed by atoms with van der Waals surface area (Å²) in [6.45, 7) is 4.20. The maximum Gasteiger partial charge on any atom is 0.252 e. The highest BCUT2D eigenvalue weighted by molar-refractivity contribution is 6.36. The first-order valence-corrected chi connectivity index (χ1v) is 8.50. The number of halogens is 2. The fraction of sp³-hybridized carbons (Fsp3) is 0.222. The Kier molecular flexibility index (Phi) is 5.16. The van der Waals surface area contributed by atoms with Gasteiger partial charge in [0.25, 0.3) is 5.91 Å². The van der Waals surface area contributed by atoms with Gasteiger partial charge in [-0.2, -0.15) is 5.10 Å². The molecule has 1 atom stereocenters. The molecule has 7 heteroatoms. The number of benzene rings is 1. The molecule has 0 bridgehead atoms. The van der Waals surface area contributed by atoms with Gasteiger partial charge in [0.05, 0.1) is 22.5 Å². The molecule has 0 fully saturated rings. The van der Waals surface area contributed by atoms with E-state index in [1.54, 1.807) is 24.5 Å². The van der Waals surface area contributed by atoms with Crippen molar-refractivity contribution in [3.63, 3.8) is 0 Å². The molecule has 2 aromatic heterocycles. The molecular weight excluding hydrogens is 361 g/mol. The summed E-state index contributed by atoms with van der Waals surface area (Å²) in [5.41, 5.74) is 2.26. The topological polar surface area (TPSA) is 60.1 Å². The SMILES string of the molecule is Cc1cc(C)n(C(CNC(=O)c2ccc(Cl)cc2Cl)c2ccco2)n1. The van der Waals surface area contributed by atoms with E-state index in [9.17, 15) is 4.79 Å². The van der Waals surface area contributed by atoms with Crippen LogP contribution < -0.4 is 5.32 Å². The molecule has 0 spiro atoms. The first-order valence-electron chi connectivity index (χ1n) is 7.75. The first-order chi connectivity index (χ1) is 12.0. The maximum absolute atomic E-state index is 12.5. The van der Waals surface area contributed by atoms with Crippen molar-refractivity contribution >= 4 is 29.1 Å². The quantitative estimate of drug-likeness (QED) is 0.715. The van der Waals surface area contributed by atoms with Crippen molar-refractivity contribution in [2.24, 2.45) is 0 Å². The monoisotopic (exact) mass is 377 g/mol. The van der Waals surface area contributed by atoms with Crippen LogP contribution in [0.25, 0.3) is 0 Å². The number of rotatable bonds is 5. The zero-order valence-electron chi connectivity index (χ0n) is 13.8. The van der Waals surface area contributed by atoms with E-state index in [2.05, 4.69) is 10.4 Å². The van der Waals surface area contributed by atoms with Crippen LogP contribution in [0.1, 0.15) is 33.5 Å². The number of aromatic nitrogens is 2. The minimum Gasteiger partial charge on any atom is -0.467 e. The number of amides is 1. The average molecular weight is 378 g/mol. The summed E-state index contributed by atoms with van der Waals surface area (Å²) in [5.74, 6) is 0.438. The van der Waals surface area contributed by atoms with Crippen molar-refractivity contribution in [3.05, 3.63) is 75.4 Å². The number of hydrogen-bond acceptors (Lipinski definition) is 3. The van der Waals surface area contributed by atoms with Crippen molar-refractivity contribution in [2.75, 3.05) is 6.54 Å². The Morgan fingerprint density at radius 1 is 1.28 bits per heavy atom. The fourth-order valence-corrected chi connectivity index (χ4v) is 3.20. The number of carbonyl (C=O) groups excluding carboxylic acids is 1. The minimum absolute atomic E-state index is 0.251. The number of hydrogen-bond donors (Lipinski definition) is 1. The van der Waals surface area contributed by atoms with Gasteiger partial charge in [-0.05, 0) is 50.2 Å². The second kappa shape index (κ2) is 7.33. The predicted octanol–water partition coefficient (Wildman–Crippen LogP) is 4.42. The van der Waals surface area contributed by atoms with Crippen molar-refractivity contribution in [2.45, 2.75) is 19.9 Å². The largest absolute Gasteiger partial charge is 0.467 e. The normalized spacial score (nSPS) is 12.2. The van der Waals surface area contributed by atoms with Crippen LogP contribution in [0.15, 0.2) is 47.1 Å². The van der Waals surface area contributed by atoms with Gasteiger partial charge in [0, 0.05) is 17.3 Å². The van der Waals surface area contributed by atoms with Gasteiger partial charge in [-0.15, -0.1) is 0 Å². The maximum atomic E-state index is 12.5. The molecule has 0 saturated heterocycles. The molecule has 0 saturated carbocycles. The standard InChI is InChI=1S/C18H17Cl2N3O2/c1-11-8-12(2)23(22-11)16(17-4-3-7-25-17)10-21-18(24)14-6-5-13(19)9-15(14)20/h3-9,16H,10H2,1-2H3,(H,21,24). The summed E-state index contributed by atoms with van der Waals surface area (Å²) in [5, 5.41) is 8.20. The zero-order chi connectivity index (χ0) is 18.0. The highest BCUT2D eigenvalue weighted by atomic mass is 35.5. The van der Waals surface area contributed by atoms with Crippen molar-refractivity contribution < 1.29 is 9.21 Å². The molecule has 0 aliphatic heterocycles. The Bertz CT molecular complexity index is 888. The average Bonchev–Trinajstić information content (AvgIpc) is 3.18. The molecular formula is C18H17Cl2N3O2. The molecule has 0 aliphatic carbocycles. The number of nitrogens with one attached hydrogen (secondary N) is 1. The van der Waals surface area contributed by atoms with E-state index in [4.69, 9.17) is 27.6 Å². The van der Waals surface area contributed by atoms with Crippen molar-refractivity contribution in [1.82, 2.24) is 15.1 Å². The molecule has 1 unspecified atom stereocenters. The summed E-state index contributed by atoms with van der Waals surface area (Å²) in [7, 11) is 0. The van der Waals surface area contributed by atoms with E-state index in [0.717, 1.165) is 11.4 Å². The predicted molar refractivity (Wildman–Crippen MR) is 97.3 cm³/mol. The lowest BCUT2D eigenvalue weighted by molar-refractivity contribution is 0.0948. The number of aryl methyl sites for hydroxylation is 2. The molecule has 3 aromatic rings. The van der Waals surface area contributed by atoms with E-state index in [-0.39, 0.29) is 11.9 Å².